The lowest BCUT2D eigenvalue weighted by atomic mass is 10.1. The molecule has 0 radical (unpaired) electrons. The maximum Gasteiger partial charge on any atom is 0.296 e. The van der Waals surface area contributed by atoms with Crippen LogP contribution in [0.15, 0.2) is 83.7 Å². The van der Waals surface area contributed by atoms with Gasteiger partial charge in [0, 0.05) is 18.2 Å². The Labute approximate surface area is 248 Å². The number of nitrogens with zero attached hydrogens (tertiary/aromatic N) is 4. The Morgan fingerprint density at radius 2 is 1.25 bits per heavy atom. The maximum absolute atomic E-state index is 12.1. The number of ether oxygens (including phenoxy) is 1. The Morgan fingerprint density at radius 3 is 1.84 bits per heavy atom. The van der Waals surface area contributed by atoms with E-state index in [2.05, 4.69) is 20.5 Å². The highest BCUT2D eigenvalue weighted by atomic mass is 32.2. The summed E-state index contributed by atoms with van der Waals surface area (Å²) in [6.07, 6.45) is 0. The van der Waals surface area contributed by atoms with Crippen molar-refractivity contribution in [1.29, 1.82) is 0 Å². The van der Waals surface area contributed by atoms with Crippen molar-refractivity contribution in [3.63, 3.8) is 0 Å². The van der Waals surface area contributed by atoms with Crippen LogP contribution < -0.4 is 4.74 Å². The van der Waals surface area contributed by atoms with Gasteiger partial charge in [-0.3, -0.25) is 13.7 Å². The second kappa shape index (κ2) is 11.4. The number of benzene rings is 4. The van der Waals surface area contributed by atoms with Gasteiger partial charge in [-0.1, -0.05) is 6.07 Å². The van der Waals surface area contributed by atoms with Crippen LogP contribution >= 0.6 is 0 Å². The van der Waals surface area contributed by atoms with E-state index in [1.807, 2.05) is 0 Å². The summed E-state index contributed by atoms with van der Waals surface area (Å²) in [7, 11) is -13.3. The number of fused-ring (bicyclic) bond motifs is 1. The van der Waals surface area contributed by atoms with Gasteiger partial charge in [-0.05, 0) is 42.1 Å². The quantitative estimate of drug-likeness (QED) is 0.108. The third-order valence-corrected chi connectivity index (χ3v) is 8.50. The van der Waals surface area contributed by atoms with Crippen molar-refractivity contribution in [2.75, 3.05) is 7.11 Å². The Morgan fingerprint density at radius 1 is 0.636 bits per heavy atom. The molecular weight excluding hydrogens is 648 g/mol. The van der Waals surface area contributed by atoms with Crippen molar-refractivity contribution in [2.45, 2.75) is 21.6 Å². The summed E-state index contributed by atoms with van der Waals surface area (Å²) in [5.41, 5.74) is -0.836. The number of phenols is 3. The van der Waals surface area contributed by atoms with Gasteiger partial charge in [0.15, 0.2) is 5.75 Å². The Kier molecular flexibility index (Phi) is 8.34. The molecule has 0 fully saturated rings. The number of hydrogen-bond donors (Lipinski definition) is 6. The molecule has 232 valence electrons. The summed E-state index contributed by atoms with van der Waals surface area (Å²) in [4.78, 5) is -2.35. The van der Waals surface area contributed by atoms with Crippen LogP contribution in [0.1, 0.15) is 5.56 Å². The third kappa shape index (κ3) is 6.59. The Hall–Kier alpha value is -4.73. The zero-order chi connectivity index (χ0) is 32.8. The minimum absolute atomic E-state index is 0.0573. The molecule has 0 bridgehead atoms. The molecule has 0 saturated carbocycles. The average molecular weight is 669 g/mol. The number of rotatable bonds is 8. The molecule has 0 aliphatic heterocycles. The number of azo groups is 2. The lowest BCUT2D eigenvalue weighted by Crippen LogP contribution is -2.01. The number of hydrogen-bond acceptors (Lipinski definition) is 14. The first-order chi connectivity index (χ1) is 20.3. The van der Waals surface area contributed by atoms with Crippen molar-refractivity contribution in [1.82, 2.24) is 0 Å². The van der Waals surface area contributed by atoms with E-state index in [1.54, 1.807) is 6.92 Å². The van der Waals surface area contributed by atoms with Gasteiger partial charge in [0.25, 0.3) is 30.4 Å². The van der Waals surface area contributed by atoms with Crippen molar-refractivity contribution in [3.8, 4) is 23.0 Å². The molecular formula is C24H20N4O13S3. The first-order valence-corrected chi connectivity index (χ1v) is 15.9. The molecule has 0 aromatic heterocycles. The van der Waals surface area contributed by atoms with Crippen LogP contribution in [0.4, 0.5) is 22.7 Å². The fraction of sp³-hybridized carbons (Fsp3) is 0.0833. The lowest BCUT2D eigenvalue weighted by Gasteiger charge is -2.11. The van der Waals surface area contributed by atoms with E-state index in [0.29, 0.717) is 17.7 Å². The van der Waals surface area contributed by atoms with E-state index in [9.17, 15) is 54.2 Å². The molecule has 0 heterocycles. The summed E-state index contributed by atoms with van der Waals surface area (Å²) < 4.78 is 104. The summed E-state index contributed by atoms with van der Waals surface area (Å²) >= 11 is 0. The van der Waals surface area contributed by atoms with E-state index >= 15 is 0 Å². The Bertz CT molecular complexity index is 2230. The third-order valence-electron chi connectivity index (χ3n) is 5.96. The van der Waals surface area contributed by atoms with Gasteiger partial charge in [0.1, 0.15) is 39.2 Å². The van der Waals surface area contributed by atoms with Crippen LogP contribution in [0.3, 0.4) is 0 Å². The molecule has 44 heavy (non-hydrogen) atoms. The first-order valence-electron chi connectivity index (χ1n) is 11.6. The summed E-state index contributed by atoms with van der Waals surface area (Å²) in [6.45, 7) is 1.59. The molecule has 0 atom stereocenters. The highest BCUT2D eigenvalue weighted by molar-refractivity contribution is 7.86. The van der Waals surface area contributed by atoms with Crippen molar-refractivity contribution >= 4 is 63.9 Å². The maximum atomic E-state index is 12.1. The highest BCUT2D eigenvalue weighted by Gasteiger charge is 2.25. The summed E-state index contributed by atoms with van der Waals surface area (Å²) in [5.74, 6) is -2.65. The first kappa shape index (κ1) is 32.2. The molecule has 4 aromatic carbocycles. The monoisotopic (exact) mass is 668 g/mol. The SMILES string of the molecule is COc1cc(N=Nc2c(S(=O)(=O)O)cc3cc(S(=O)(=O)O)cc(O)c3c2O)c(O)cc1N=Nc1cc(S(=O)(=O)O)ccc1C. The van der Waals surface area contributed by atoms with E-state index < -0.39 is 78.7 Å². The predicted molar refractivity (Wildman–Crippen MR) is 151 cm³/mol. The standard InChI is InChI=1S/C24H20N4O13S3/c1-11-3-4-13(42(32,33)34)7-15(11)25-27-17-9-18(29)16(10-20(17)41-2)26-28-23-21(44(38,39)40)6-12-5-14(43(35,36)37)8-19(30)22(12)24(23)31/h3-10,29-31H,1-2H3,(H,32,33,34)(H,35,36,37)(H,38,39,40). The second-order valence-corrected chi connectivity index (χ2v) is 13.1. The Balaban J connectivity index is 1.82. The predicted octanol–water partition coefficient (Wildman–Crippen LogP) is 4.84. The minimum atomic E-state index is -5.17. The topological polar surface area (TPSA) is 282 Å². The van der Waals surface area contributed by atoms with E-state index in [1.165, 1.54) is 13.2 Å². The van der Waals surface area contributed by atoms with Crippen LogP contribution in [-0.2, 0) is 30.4 Å². The van der Waals surface area contributed by atoms with Crippen LogP contribution in [-0.4, -0.2) is 61.3 Å². The fourth-order valence-electron chi connectivity index (χ4n) is 3.82. The number of aromatic hydroxyl groups is 3. The van der Waals surface area contributed by atoms with E-state index in [0.717, 1.165) is 30.3 Å². The number of phenolic OH excluding ortho intramolecular Hbond substituents is 3. The smallest absolute Gasteiger partial charge is 0.296 e. The molecule has 0 saturated heterocycles. The normalized spacial score (nSPS) is 12.8. The molecule has 20 heteroatoms. The molecule has 4 aromatic rings. The van der Waals surface area contributed by atoms with Gasteiger partial charge in [-0.25, -0.2) is 0 Å². The van der Waals surface area contributed by atoms with Crippen molar-refractivity contribution in [3.05, 3.63) is 54.1 Å². The van der Waals surface area contributed by atoms with Crippen LogP contribution in [0.25, 0.3) is 10.8 Å². The van der Waals surface area contributed by atoms with Gasteiger partial charge >= 0.3 is 0 Å². The molecule has 0 aliphatic rings. The van der Waals surface area contributed by atoms with Crippen molar-refractivity contribution < 1.29 is 59.0 Å². The number of aryl methyl sites for hydroxylation is 1. The van der Waals surface area contributed by atoms with Gasteiger partial charge in [-0.2, -0.15) is 30.4 Å². The average Bonchev–Trinajstić information content (AvgIpc) is 2.90. The summed E-state index contributed by atoms with van der Waals surface area (Å²) in [5, 5.41) is 45.9. The largest absolute Gasteiger partial charge is 0.507 e. The molecule has 4 rings (SSSR count). The van der Waals surface area contributed by atoms with Crippen LogP contribution in [0, 0.1) is 6.92 Å². The van der Waals surface area contributed by atoms with Crippen molar-refractivity contribution in [2.24, 2.45) is 20.5 Å². The molecule has 0 aliphatic carbocycles. The van der Waals surface area contributed by atoms with E-state index in [4.69, 9.17) is 4.74 Å². The van der Waals surface area contributed by atoms with Crippen LogP contribution in [0.5, 0.6) is 23.0 Å². The van der Waals surface area contributed by atoms with Gasteiger partial charge in [0.05, 0.1) is 28.0 Å². The van der Waals surface area contributed by atoms with E-state index in [-0.39, 0.29) is 22.8 Å². The molecule has 0 amide bonds. The van der Waals surface area contributed by atoms with Gasteiger partial charge < -0.3 is 20.1 Å². The van der Waals surface area contributed by atoms with Crippen LogP contribution in [0.2, 0.25) is 0 Å². The zero-order valence-electron chi connectivity index (χ0n) is 22.2. The fourth-order valence-corrected chi connectivity index (χ4v) is 5.51. The minimum Gasteiger partial charge on any atom is -0.507 e. The number of methoxy groups -OCH3 is 1. The molecule has 0 unspecified atom stereocenters. The molecule has 17 nitrogen and oxygen atoms in total. The molecule has 6 N–H and O–H groups in total. The zero-order valence-corrected chi connectivity index (χ0v) is 24.6. The lowest BCUT2D eigenvalue weighted by molar-refractivity contribution is 0.413. The van der Waals surface area contributed by atoms with Gasteiger partial charge in [0.2, 0.25) is 0 Å². The van der Waals surface area contributed by atoms with Gasteiger partial charge in [-0.15, -0.1) is 15.3 Å². The summed E-state index contributed by atoms with van der Waals surface area (Å²) in [6, 6.07) is 7.66. The second-order valence-electron chi connectivity index (χ2n) is 8.90. The highest BCUT2D eigenvalue weighted by Crippen LogP contribution is 2.47. The molecule has 0 spiro atoms.